The van der Waals surface area contributed by atoms with Crippen LogP contribution in [0.1, 0.15) is 12.0 Å². The van der Waals surface area contributed by atoms with Crippen molar-refractivity contribution >= 4 is 11.9 Å². The lowest BCUT2D eigenvalue weighted by molar-refractivity contribution is -0.164. The van der Waals surface area contributed by atoms with Gasteiger partial charge in [0, 0.05) is 6.42 Å². The molecule has 1 amide bonds. The highest BCUT2D eigenvalue weighted by Gasteiger charge is 2.31. The number of nitrogens with one attached hydrogen (secondary N) is 1. The Morgan fingerprint density at radius 2 is 2.12 bits per heavy atom. The summed E-state index contributed by atoms with van der Waals surface area (Å²) in [5.74, 6) is -0.446. The monoisotopic (exact) mass is 219 g/mol. The van der Waals surface area contributed by atoms with E-state index >= 15 is 0 Å². The van der Waals surface area contributed by atoms with Crippen molar-refractivity contribution in [3.05, 3.63) is 35.9 Å². The van der Waals surface area contributed by atoms with Gasteiger partial charge in [0.05, 0.1) is 0 Å². The Kier molecular flexibility index (Phi) is 3.19. The lowest BCUT2D eigenvalue weighted by Gasteiger charge is -2.25. The van der Waals surface area contributed by atoms with Crippen LogP contribution in [0.25, 0.3) is 0 Å². The lowest BCUT2D eigenvalue weighted by Crippen LogP contribution is -2.52. The van der Waals surface area contributed by atoms with Gasteiger partial charge in [0.25, 0.3) is 0 Å². The van der Waals surface area contributed by atoms with E-state index in [4.69, 9.17) is 0 Å². The van der Waals surface area contributed by atoms with E-state index in [0.717, 1.165) is 5.56 Å². The topological polar surface area (TPSA) is 55.4 Å². The largest absolute Gasteiger partial charge is 0.461 e. The number of carbonyl (C=O) groups excluding carboxylic acids is 2. The number of amides is 1. The second kappa shape index (κ2) is 4.79. The highest BCUT2D eigenvalue weighted by molar-refractivity contribution is 5.87. The molecule has 1 N–H and O–H groups in total. The molecule has 1 aliphatic rings. The molecule has 1 atom stereocenters. The van der Waals surface area contributed by atoms with Crippen LogP contribution in [-0.4, -0.2) is 24.5 Å². The first kappa shape index (κ1) is 10.7. The van der Waals surface area contributed by atoms with E-state index in [1.807, 2.05) is 30.3 Å². The van der Waals surface area contributed by atoms with Crippen molar-refractivity contribution in [1.29, 1.82) is 0 Å². The number of hydrogen-bond donors (Lipinski definition) is 1. The van der Waals surface area contributed by atoms with Crippen molar-refractivity contribution in [2.24, 2.45) is 0 Å². The SMILES string of the molecule is O=C(CCc1ccccc1)NC1COC1=O. The third-order valence-corrected chi connectivity index (χ3v) is 2.50. The summed E-state index contributed by atoms with van der Waals surface area (Å²) >= 11 is 0. The van der Waals surface area contributed by atoms with Gasteiger partial charge in [-0.15, -0.1) is 0 Å². The molecule has 0 aliphatic carbocycles. The maximum absolute atomic E-state index is 11.4. The molecule has 0 saturated carbocycles. The van der Waals surface area contributed by atoms with Crippen molar-refractivity contribution in [2.45, 2.75) is 18.9 Å². The van der Waals surface area contributed by atoms with Gasteiger partial charge in [-0.05, 0) is 12.0 Å². The third-order valence-electron chi connectivity index (χ3n) is 2.50. The lowest BCUT2D eigenvalue weighted by atomic mass is 10.1. The molecule has 0 aromatic heterocycles. The molecule has 16 heavy (non-hydrogen) atoms. The minimum Gasteiger partial charge on any atom is -0.461 e. The van der Waals surface area contributed by atoms with E-state index in [0.29, 0.717) is 19.4 Å². The quantitative estimate of drug-likeness (QED) is 0.757. The summed E-state index contributed by atoms with van der Waals surface area (Å²) in [5, 5.41) is 2.62. The minimum absolute atomic E-state index is 0.106. The number of carbonyl (C=O) groups is 2. The Morgan fingerprint density at radius 1 is 1.38 bits per heavy atom. The molecule has 1 aromatic carbocycles. The zero-order chi connectivity index (χ0) is 11.4. The molecule has 0 bridgehead atoms. The summed E-state index contributed by atoms with van der Waals surface area (Å²) in [6, 6.07) is 9.35. The smallest absolute Gasteiger partial charge is 0.332 e. The zero-order valence-electron chi connectivity index (χ0n) is 8.81. The standard InChI is InChI=1S/C12H13NO3/c14-11(13-10-8-16-12(10)15)7-6-9-4-2-1-3-5-9/h1-5,10H,6-8H2,(H,13,14). The Balaban J connectivity index is 1.74. The molecule has 84 valence electrons. The van der Waals surface area contributed by atoms with Gasteiger partial charge in [-0.2, -0.15) is 0 Å². The Labute approximate surface area is 93.6 Å². The third kappa shape index (κ3) is 2.59. The molecular formula is C12H13NO3. The van der Waals surface area contributed by atoms with E-state index in [2.05, 4.69) is 10.1 Å². The normalized spacial score (nSPS) is 18.5. The Hall–Kier alpha value is -1.84. The highest BCUT2D eigenvalue weighted by Crippen LogP contribution is 2.05. The molecule has 1 aliphatic heterocycles. The van der Waals surface area contributed by atoms with Crippen LogP contribution >= 0.6 is 0 Å². The van der Waals surface area contributed by atoms with E-state index < -0.39 is 6.04 Å². The molecule has 2 rings (SSSR count). The first-order chi connectivity index (χ1) is 7.75. The molecule has 4 heteroatoms. The fraction of sp³-hybridized carbons (Fsp3) is 0.333. The van der Waals surface area contributed by atoms with E-state index in [9.17, 15) is 9.59 Å². The maximum Gasteiger partial charge on any atom is 0.332 e. The molecule has 1 unspecified atom stereocenters. The molecular weight excluding hydrogens is 206 g/mol. The van der Waals surface area contributed by atoms with Gasteiger partial charge in [0.2, 0.25) is 5.91 Å². The number of hydrogen-bond acceptors (Lipinski definition) is 3. The highest BCUT2D eigenvalue weighted by atomic mass is 16.6. The fourth-order valence-corrected chi connectivity index (χ4v) is 1.50. The first-order valence-corrected chi connectivity index (χ1v) is 5.25. The number of benzene rings is 1. The fourth-order valence-electron chi connectivity index (χ4n) is 1.50. The number of ether oxygens (including phenoxy) is 1. The van der Waals surface area contributed by atoms with Crippen molar-refractivity contribution < 1.29 is 14.3 Å². The average molecular weight is 219 g/mol. The molecule has 1 fully saturated rings. The Bertz CT molecular complexity index is 389. The van der Waals surface area contributed by atoms with Gasteiger partial charge < -0.3 is 10.1 Å². The molecule has 0 spiro atoms. The number of cyclic esters (lactones) is 1. The predicted molar refractivity (Wildman–Crippen MR) is 57.7 cm³/mol. The van der Waals surface area contributed by atoms with Gasteiger partial charge in [-0.1, -0.05) is 30.3 Å². The van der Waals surface area contributed by atoms with Crippen LogP contribution < -0.4 is 5.32 Å². The molecule has 4 nitrogen and oxygen atoms in total. The molecule has 1 saturated heterocycles. The summed E-state index contributed by atoms with van der Waals surface area (Å²) in [6.07, 6.45) is 1.09. The van der Waals surface area contributed by atoms with Crippen LogP contribution in [0.2, 0.25) is 0 Å². The molecule has 0 radical (unpaired) electrons. The van der Waals surface area contributed by atoms with Crippen molar-refractivity contribution in [3.63, 3.8) is 0 Å². The van der Waals surface area contributed by atoms with Crippen LogP contribution in [0.3, 0.4) is 0 Å². The number of esters is 1. The van der Waals surface area contributed by atoms with Crippen molar-refractivity contribution in [1.82, 2.24) is 5.32 Å². The van der Waals surface area contributed by atoms with Gasteiger partial charge in [-0.25, -0.2) is 4.79 Å². The second-order valence-corrected chi connectivity index (χ2v) is 3.74. The zero-order valence-corrected chi connectivity index (χ0v) is 8.81. The van der Waals surface area contributed by atoms with Crippen LogP contribution in [-0.2, 0) is 20.7 Å². The second-order valence-electron chi connectivity index (χ2n) is 3.74. The summed E-state index contributed by atoms with van der Waals surface area (Å²) in [6.45, 7) is 0.301. The van der Waals surface area contributed by atoms with E-state index in [-0.39, 0.29) is 11.9 Å². The first-order valence-electron chi connectivity index (χ1n) is 5.25. The van der Waals surface area contributed by atoms with E-state index in [1.165, 1.54) is 0 Å². The van der Waals surface area contributed by atoms with Gasteiger partial charge in [0.1, 0.15) is 6.61 Å². The molecule has 1 aromatic rings. The summed E-state index contributed by atoms with van der Waals surface area (Å²) in [7, 11) is 0. The van der Waals surface area contributed by atoms with Gasteiger partial charge >= 0.3 is 5.97 Å². The summed E-state index contributed by atoms with van der Waals surface area (Å²) in [5.41, 5.74) is 1.12. The van der Waals surface area contributed by atoms with E-state index in [1.54, 1.807) is 0 Å². The van der Waals surface area contributed by atoms with Gasteiger partial charge in [-0.3, -0.25) is 4.79 Å². The summed E-state index contributed by atoms with van der Waals surface area (Å²) < 4.78 is 4.55. The number of aryl methyl sites for hydroxylation is 1. The predicted octanol–water partition coefficient (Wildman–Crippen LogP) is 0.661. The van der Waals surface area contributed by atoms with Crippen LogP contribution in [0.15, 0.2) is 30.3 Å². The van der Waals surface area contributed by atoms with Crippen molar-refractivity contribution in [3.8, 4) is 0 Å². The van der Waals surface area contributed by atoms with Crippen LogP contribution in [0, 0.1) is 0 Å². The average Bonchev–Trinajstić information content (AvgIpc) is 2.33. The minimum atomic E-state index is -0.428. The van der Waals surface area contributed by atoms with Crippen molar-refractivity contribution in [2.75, 3.05) is 6.61 Å². The molecule has 1 heterocycles. The van der Waals surface area contributed by atoms with Crippen LogP contribution in [0.5, 0.6) is 0 Å². The Morgan fingerprint density at radius 3 is 2.69 bits per heavy atom. The maximum atomic E-state index is 11.4. The number of rotatable bonds is 4. The van der Waals surface area contributed by atoms with Crippen LogP contribution in [0.4, 0.5) is 0 Å². The summed E-state index contributed by atoms with van der Waals surface area (Å²) in [4.78, 5) is 22.2. The van der Waals surface area contributed by atoms with Gasteiger partial charge in [0.15, 0.2) is 6.04 Å².